The van der Waals surface area contributed by atoms with Crippen LogP contribution in [0.15, 0.2) is 12.2 Å². The molecule has 2 aliphatic carbocycles. The van der Waals surface area contributed by atoms with E-state index in [4.69, 9.17) is 0 Å². The standard InChI is InChI=1S/C16H26O2/c1-11-6-5-7-13-15(3,8-9-17)12(2)10-14(18)16(11,13)4/h5-6,9,11-14,18H,7-8,10H2,1-4H3/t11-,12+,13-,14+,15+,16-/m0/s1. The Morgan fingerprint density at radius 2 is 2.06 bits per heavy atom. The van der Waals surface area contributed by atoms with E-state index in [1.54, 1.807) is 0 Å². The van der Waals surface area contributed by atoms with E-state index in [1.165, 1.54) is 0 Å². The maximum Gasteiger partial charge on any atom is 0.120 e. The minimum Gasteiger partial charge on any atom is -0.393 e. The molecule has 18 heavy (non-hydrogen) atoms. The lowest BCUT2D eigenvalue weighted by atomic mass is 9.45. The van der Waals surface area contributed by atoms with Gasteiger partial charge in [0.25, 0.3) is 0 Å². The third-order valence-corrected chi connectivity index (χ3v) is 6.27. The molecule has 1 N–H and O–H groups in total. The number of aliphatic hydroxyl groups excluding tert-OH is 1. The van der Waals surface area contributed by atoms with Gasteiger partial charge < -0.3 is 9.90 Å². The number of carbonyl (C=O) groups excluding carboxylic acids is 1. The summed E-state index contributed by atoms with van der Waals surface area (Å²) < 4.78 is 0. The Labute approximate surface area is 110 Å². The van der Waals surface area contributed by atoms with Crippen molar-refractivity contribution in [2.45, 2.75) is 53.1 Å². The van der Waals surface area contributed by atoms with E-state index in [-0.39, 0.29) is 16.9 Å². The molecule has 2 heteroatoms. The molecule has 0 spiro atoms. The van der Waals surface area contributed by atoms with Crippen LogP contribution in [0.4, 0.5) is 0 Å². The third-order valence-electron chi connectivity index (χ3n) is 6.27. The van der Waals surface area contributed by atoms with Crippen LogP contribution in [0, 0.1) is 28.6 Å². The molecule has 0 bridgehead atoms. The molecule has 0 radical (unpaired) electrons. The van der Waals surface area contributed by atoms with E-state index < -0.39 is 0 Å². The summed E-state index contributed by atoms with van der Waals surface area (Å²) in [6.07, 6.45) is 7.71. The van der Waals surface area contributed by atoms with E-state index >= 15 is 0 Å². The topological polar surface area (TPSA) is 37.3 Å². The predicted octanol–water partition coefficient (Wildman–Crippen LogP) is 3.20. The van der Waals surface area contributed by atoms with E-state index in [0.29, 0.717) is 24.2 Å². The van der Waals surface area contributed by atoms with E-state index in [9.17, 15) is 9.90 Å². The summed E-state index contributed by atoms with van der Waals surface area (Å²) in [6.45, 7) is 8.84. The van der Waals surface area contributed by atoms with Crippen LogP contribution >= 0.6 is 0 Å². The number of allylic oxidation sites excluding steroid dienone is 2. The first-order valence-corrected chi connectivity index (χ1v) is 7.15. The van der Waals surface area contributed by atoms with Gasteiger partial charge in [-0.2, -0.15) is 0 Å². The minimum atomic E-state index is -0.253. The van der Waals surface area contributed by atoms with Gasteiger partial charge in [0, 0.05) is 11.8 Å². The lowest BCUT2D eigenvalue weighted by molar-refractivity contribution is -0.156. The van der Waals surface area contributed by atoms with Crippen molar-refractivity contribution in [2.75, 3.05) is 0 Å². The van der Waals surface area contributed by atoms with Crippen LogP contribution in [0.25, 0.3) is 0 Å². The molecule has 6 atom stereocenters. The SMILES string of the molecule is C[C@@H]1C[C@@H](O)[C@@]2(C)[C@@H](C)C=CC[C@H]2[C@]1(C)CC=O. The summed E-state index contributed by atoms with van der Waals surface area (Å²) in [5, 5.41) is 10.6. The smallest absolute Gasteiger partial charge is 0.120 e. The first-order chi connectivity index (χ1) is 8.37. The van der Waals surface area contributed by atoms with Crippen LogP contribution < -0.4 is 0 Å². The number of rotatable bonds is 2. The summed E-state index contributed by atoms with van der Waals surface area (Å²) >= 11 is 0. The van der Waals surface area contributed by atoms with Gasteiger partial charge in [-0.05, 0) is 36.0 Å². The lowest BCUT2D eigenvalue weighted by Crippen LogP contribution is -2.58. The van der Waals surface area contributed by atoms with Gasteiger partial charge in [0.05, 0.1) is 6.10 Å². The Morgan fingerprint density at radius 1 is 1.39 bits per heavy atom. The number of aldehydes is 1. The van der Waals surface area contributed by atoms with Crippen LogP contribution in [0.5, 0.6) is 0 Å². The van der Waals surface area contributed by atoms with Crippen LogP contribution in [0.1, 0.15) is 47.0 Å². The molecule has 0 unspecified atom stereocenters. The first kappa shape index (κ1) is 13.8. The second-order valence-corrected chi connectivity index (χ2v) is 6.90. The normalized spacial score (nSPS) is 51.8. The largest absolute Gasteiger partial charge is 0.393 e. The molecule has 2 rings (SSSR count). The highest BCUT2D eigenvalue weighted by molar-refractivity contribution is 5.51. The Bertz CT molecular complexity index is 362. The minimum absolute atomic E-state index is 0.0226. The Balaban J connectivity index is 2.46. The number of fused-ring (bicyclic) bond motifs is 1. The molecular weight excluding hydrogens is 224 g/mol. The molecule has 2 aliphatic rings. The predicted molar refractivity (Wildman–Crippen MR) is 73.1 cm³/mol. The molecule has 102 valence electrons. The molecule has 0 aromatic carbocycles. The van der Waals surface area contributed by atoms with Crippen molar-refractivity contribution in [3.05, 3.63) is 12.2 Å². The van der Waals surface area contributed by atoms with E-state index in [1.807, 2.05) is 0 Å². The maximum atomic E-state index is 11.1. The second-order valence-electron chi connectivity index (χ2n) is 6.90. The van der Waals surface area contributed by atoms with Gasteiger partial charge in [-0.3, -0.25) is 0 Å². The molecule has 0 aromatic rings. The van der Waals surface area contributed by atoms with Gasteiger partial charge in [-0.25, -0.2) is 0 Å². The van der Waals surface area contributed by atoms with Crippen molar-refractivity contribution in [3.63, 3.8) is 0 Å². The van der Waals surface area contributed by atoms with Crippen LogP contribution in [-0.4, -0.2) is 17.5 Å². The molecule has 1 saturated carbocycles. The first-order valence-electron chi connectivity index (χ1n) is 7.15. The highest BCUT2D eigenvalue weighted by Gasteiger charge is 2.57. The van der Waals surface area contributed by atoms with Crippen molar-refractivity contribution in [2.24, 2.45) is 28.6 Å². The molecule has 0 aliphatic heterocycles. The number of hydrogen-bond acceptors (Lipinski definition) is 2. The molecule has 0 aromatic heterocycles. The fourth-order valence-electron chi connectivity index (χ4n) is 4.44. The maximum absolute atomic E-state index is 11.1. The van der Waals surface area contributed by atoms with E-state index in [2.05, 4.69) is 39.8 Å². The fourth-order valence-corrected chi connectivity index (χ4v) is 4.44. The highest BCUT2D eigenvalue weighted by Crippen LogP contribution is 2.61. The summed E-state index contributed by atoms with van der Waals surface area (Å²) in [5.74, 6) is 1.17. The fraction of sp³-hybridized carbons (Fsp3) is 0.812. The monoisotopic (exact) mass is 250 g/mol. The van der Waals surface area contributed by atoms with E-state index in [0.717, 1.165) is 19.1 Å². The van der Waals surface area contributed by atoms with Gasteiger partial charge in [0.1, 0.15) is 6.29 Å². The molecular formula is C16H26O2. The second kappa shape index (κ2) is 4.48. The number of carbonyl (C=O) groups is 1. The van der Waals surface area contributed by atoms with Crippen molar-refractivity contribution in [1.29, 1.82) is 0 Å². The van der Waals surface area contributed by atoms with Gasteiger partial charge in [-0.1, -0.05) is 39.8 Å². The van der Waals surface area contributed by atoms with Crippen LogP contribution in [0.2, 0.25) is 0 Å². The van der Waals surface area contributed by atoms with Gasteiger partial charge in [0.2, 0.25) is 0 Å². The van der Waals surface area contributed by atoms with Crippen molar-refractivity contribution < 1.29 is 9.90 Å². The molecule has 0 amide bonds. The van der Waals surface area contributed by atoms with Crippen molar-refractivity contribution in [3.8, 4) is 0 Å². The average molecular weight is 250 g/mol. The lowest BCUT2D eigenvalue weighted by Gasteiger charge is -2.60. The summed E-state index contributed by atoms with van der Waals surface area (Å²) in [5.41, 5.74) is -0.0617. The Morgan fingerprint density at radius 3 is 2.67 bits per heavy atom. The number of aliphatic hydroxyl groups is 1. The summed E-state index contributed by atoms with van der Waals surface area (Å²) in [6, 6.07) is 0. The molecule has 2 nitrogen and oxygen atoms in total. The third kappa shape index (κ3) is 1.69. The summed E-state index contributed by atoms with van der Waals surface area (Å²) in [7, 11) is 0. The number of hydrogen-bond donors (Lipinski definition) is 1. The Hall–Kier alpha value is -0.630. The van der Waals surface area contributed by atoms with Gasteiger partial charge in [-0.15, -0.1) is 0 Å². The van der Waals surface area contributed by atoms with Crippen LogP contribution in [0.3, 0.4) is 0 Å². The van der Waals surface area contributed by atoms with Crippen LogP contribution in [-0.2, 0) is 4.79 Å². The molecule has 0 heterocycles. The van der Waals surface area contributed by atoms with Crippen molar-refractivity contribution >= 4 is 6.29 Å². The highest BCUT2D eigenvalue weighted by atomic mass is 16.3. The zero-order valence-corrected chi connectivity index (χ0v) is 12.0. The quantitative estimate of drug-likeness (QED) is 0.603. The molecule has 0 saturated heterocycles. The molecule has 1 fully saturated rings. The van der Waals surface area contributed by atoms with Crippen molar-refractivity contribution in [1.82, 2.24) is 0 Å². The zero-order valence-electron chi connectivity index (χ0n) is 12.0. The average Bonchev–Trinajstić information content (AvgIpc) is 2.31. The Kier molecular flexibility index (Phi) is 3.44. The van der Waals surface area contributed by atoms with Gasteiger partial charge >= 0.3 is 0 Å². The zero-order chi connectivity index (χ0) is 13.6. The summed E-state index contributed by atoms with van der Waals surface area (Å²) in [4.78, 5) is 11.1. The van der Waals surface area contributed by atoms with Gasteiger partial charge in [0.15, 0.2) is 0 Å².